The molecule has 1 saturated heterocycles. The number of hydrogen-bond acceptors (Lipinski definition) is 4. The zero-order chi connectivity index (χ0) is 24.3. The minimum absolute atomic E-state index is 0.0609. The molecule has 2 fully saturated rings. The Morgan fingerprint density at radius 3 is 2.29 bits per heavy atom. The number of rotatable bonds is 8. The van der Waals surface area contributed by atoms with Crippen LogP contribution in [0.2, 0.25) is 0 Å². The van der Waals surface area contributed by atoms with E-state index < -0.39 is 5.54 Å². The van der Waals surface area contributed by atoms with Crippen LogP contribution < -0.4 is 15.0 Å². The van der Waals surface area contributed by atoms with Crippen LogP contribution in [0.1, 0.15) is 63.0 Å². The Bertz CT molecular complexity index is 1040. The molecule has 34 heavy (non-hydrogen) atoms. The second-order valence-electron chi connectivity index (χ2n) is 9.50. The normalized spacial score (nSPS) is 16.9. The van der Waals surface area contributed by atoms with Gasteiger partial charge in [0.15, 0.2) is 0 Å². The van der Waals surface area contributed by atoms with E-state index in [9.17, 15) is 14.4 Å². The van der Waals surface area contributed by atoms with Gasteiger partial charge in [0.05, 0.1) is 13.7 Å². The van der Waals surface area contributed by atoms with Crippen molar-refractivity contribution in [1.29, 1.82) is 0 Å². The first-order chi connectivity index (χ1) is 16.3. The van der Waals surface area contributed by atoms with Gasteiger partial charge in [-0.05, 0) is 54.2 Å². The van der Waals surface area contributed by atoms with Crippen molar-refractivity contribution in [3.8, 4) is 5.75 Å². The van der Waals surface area contributed by atoms with Crippen molar-refractivity contribution in [3.05, 3.63) is 59.7 Å². The summed E-state index contributed by atoms with van der Waals surface area (Å²) in [6, 6.07) is 15.2. The Morgan fingerprint density at radius 2 is 1.71 bits per heavy atom. The van der Waals surface area contributed by atoms with Crippen molar-refractivity contribution in [2.24, 2.45) is 0 Å². The van der Waals surface area contributed by atoms with Crippen LogP contribution in [0.5, 0.6) is 5.75 Å². The number of amides is 4. The Labute approximate surface area is 201 Å². The number of nitrogens with zero attached hydrogens (tertiary/aromatic N) is 2. The van der Waals surface area contributed by atoms with Gasteiger partial charge in [0.25, 0.3) is 5.91 Å². The van der Waals surface area contributed by atoms with Crippen molar-refractivity contribution in [3.63, 3.8) is 0 Å². The molecule has 2 aromatic carbocycles. The molecule has 0 unspecified atom stereocenters. The fraction of sp³-hybridized carbons (Fsp3) is 0.444. The molecule has 1 saturated carbocycles. The van der Waals surface area contributed by atoms with Crippen LogP contribution >= 0.6 is 0 Å². The second kappa shape index (κ2) is 9.87. The summed E-state index contributed by atoms with van der Waals surface area (Å²) in [6.07, 6.45) is 3.27. The van der Waals surface area contributed by atoms with E-state index in [1.165, 1.54) is 10.5 Å². The van der Waals surface area contributed by atoms with Crippen LogP contribution in [-0.4, -0.2) is 41.9 Å². The predicted molar refractivity (Wildman–Crippen MR) is 131 cm³/mol. The summed E-state index contributed by atoms with van der Waals surface area (Å²) in [5.41, 5.74) is 2.23. The van der Waals surface area contributed by atoms with E-state index in [1.54, 1.807) is 12.0 Å². The van der Waals surface area contributed by atoms with Crippen molar-refractivity contribution in [2.45, 2.75) is 64.0 Å². The first-order valence-corrected chi connectivity index (χ1v) is 12.0. The van der Waals surface area contributed by atoms with Gasteiger partial charge in [0, 0.05) is 18.7 Å². The molecule has 0 aromatic heterocycles. The molecule has 1 spiro atoms. The molecule has 1 aliphatic heterocycles. The maximum Gasteiger partial charge on any atom is 0.325 e. The summed E-state index contributed by atoms with van der Waals surface area (Å²) in [5, 5.41) is 2.88. The maximum absolute atomic E-state index is 13.4. The zero-order valence-corrected chi connectivity index (χ0v) is 20.2. The molecule has 180 valence electrons. The maximum atomic E-state index is 13.4. The smallest absolute Gasteiger partial charge is 0.325 e. The van der Waals surface area contributed by atoms with E-state index in [0.717, 1.165) is 24.1 Å². The molecule has 0 atom stereocenters. The molecule has 7 heteroatoms. The lowest BCUT2D eigenvalue weighted by Crippen LogP contribution is -2.44. The van der Waals surface area contributed by atoms with E-state index in [4.69, 9.17) is 4.74 Å². The molecule has 2 aromatic rings. The van der Waals surface area contributed by atoms with Gasteiger partial charge in [-0.2, -0.15) is 0 Å². The molecule has 4 rings (SSSR count). The summed E-state index contributed by atoms with van der Waals surface area (Å²) in [6.45, 7) is 4.76. The molecule has 7 nitrogen and oxygen atoms in total. The Balaban J connectivity index is 1.50. The van der Waals surface area contributed by atoms with Gasteiger partial charge in [-0.1, -0.05) is 51.0 Å². The van der Waals surface area contributed by atoms with Crippen LogP contribution in [0.15, 0.2) is 48.5 Å². The van der Waals surface area contributed by atoms with Crippen molar-refractivity contribution in [1.82, 2.24) is 10.2 Å². The average Bonchev–Trinajstić information content (AvgIpc) is 3.40. The number of hydrogen-bond donors (Lipinski definition) is 1. The monoisotopic (exact) mass is 463 g/mol. The van der Waals surface area contributed by atoms with Crippen molar-refractivity contribution < 1.29 is 19.1 Å². The quantitative estimate of drug-likeness (QED) is 0.580. The Morgan fingerprint density at radius 1 is 1.06 bits per heavy atom. The first-order valence-electron chi connectivity index (χ1n) is 12.0. The summed E-state index contributed by atoms with van der Waals surface area (Å²) >= 11 is 0. The molecular weight excluding hydrogens is 430 g/mol. The van der Waals surface area contributed by atoms with Gasteiger partial charge >= 0.3 is 6.03 Å². The van der Waals surface area contributed by atoms with Gasteiger partial charge in [-0.25, -0.2) is 4.79 Å². The number of urea groups is 1. The molecule has 4 amide bonds. The van der Waals surface area contributed by atoms with Crippen LogP contribution in [-0.2, 0) is 16.1 Å². The van der Waals surface area contributed by atoms with Crippen molar-refractivity contribution in [2.75, 3.05) is 18.6 Å². The number of ether oxygens (including phenoxy) is 1. The highest BCUT2D eigenvalue weighted by Crippen LogP contribution is 2.35. The third-order valence-electron chi connectivity index (χ3n) is 6.92. The minimum atomic E-state index is -0.756. The Kier molecular flexibility index (Phi) is 6.91. The number of nitrogens with one attached hydrogen (secondary N) is 1. The highest BCUT2D eigenvalue weighted by molar-refractivity contribution is 6.07. The van der Waals surface area contributed by atoms with E-state index in [-0.39, 0.29) is 30.8 Å². The van der Waals surface area contributed by atoms with Gasteiger partial charge < -0.3 is 15.0 Å². The standard InChI is InChI=1S/C27H33N3O4/c1-19(2)21-8-6-20(7-9-21)18-30(22-10-12-23(34-3)13-11-22)24(31)14-17-29-25(32)27(28-26(29)33)15-4-5-16-27/h6-13,19H,4-5,14-18H2,1-3H3,(H,28,33). The van der Waals surface area contributed by atoms with Gasteiger partial charge in [-0.15, -0.1) is 0 Å². The highest BCUT2D eigenvalue weighted by atomic mass is 16.5. The number of anilines is 1. The van der Waals surface area contributed by atoms with E-state index in [0.29, 0.717) is 31.1 Å². The summed E-state index contributed by atoms with van der Waals surface area (Å²) in [4.78, 5) is 41.7. The summed E-state index contributed by atoms with van der Waals surface area (Å²) < 4.78 is 5.26. The third-order valence-corrected chi connectivity index (χ3v) is 6.92. The lowest BCUT2D eigenvalue weighted by molar-refractivity contribution is -0.131. The minimum Gasteiger partial charge on any atom is -0.497 e. The molecule has 1 N–H and O–H groups in total. The van der Waals surface area contributed by atoms with Gasteiger partial charge in [0.1, 0.15) is 11.3 Å². The summed E-state index contributed by atoms with van der Waals surface area (Å²) in [7, 11) is 1.60. The molecular formula is C27H33N3O4. The molecule has 1 aliphatic carbocycles. The second-order valence-corrected chi connectivity index (χ2v) is 9.50. The highest BCUT2D eigenvalue weighted by Gasteiger charge is 2.52. The van der Waals surface area contributed by atoms with Gasteiger partial charge in [0.2, 0.25) is 5.91 Å². The number of methoxy groups -OCH3 is 1. The Hall–Kier alpha value is -3.35. The SMILES string of the molecule is COc1ccc(N(Cc2ccc(C(C)C)cc2)C(=O)CCN2C(=O)NC3(CCCC3)C2=O)cc1. The lowest BCUT2D eigenvalue weighted by atomic mass is 9.98. The lowest BCUT2D eigenvalue weighted by Gasteiger charge is -2.25. The van der Waals surface area contributed by atoms with Crippen LogP contribution in [0.4, 0.5) is 10.5 Å². The van der Waals surface area contributed by atoms with Crippen molar-refractivity contribution >= 4 is 23.5 Å². The fourth-order valence-corrected chi connectivity index (χ4v) is 4.82. The third kappa shape index (κ3) is 4.79. The van der Waals surface area contributed by atoms with Crippen LogP contribution in [0.25, 0.3) is 0 Å². The topological polar surface area (TPSA) is 79.0 Å². The molecule has 0 radical (unpaired) electrons. The molecule has 1 heterocycles. The number of benzene rings is 2. The number of carbonyl (C=O) groups excluding carboxylic acids is 3. The number of imide groups is 1. The zero-order valence-electron chi connectivity index (χ0n) is 20.2. The largest absolute Gasteiger partial charge is 0.497 e. The average molecular weight is 464 g/mol. The van der Waals surface area contributed by atoms with Gasteiger partial charge in [-0.3, -0.25) is 14.5 Å². The summed E-state index contributed by atoms with van der Waals surface area (Å²) in [5.74, 6) is 0.799. The molecule has 2 aliphatic rings. The first kappa shape index (κ1) is 23.8. The number of carbonyl (C=O) groups is 3. The van der Waals surface area contributed by atoms with E-state index >= 15 is 0 Å². The van der Waals surface area contributed by atoms with E-state index in [1.807, 2.05) is 36.4 Å². The predicted octanol–water partition coefficient (Wildman–Crippen LogP) is 4.61. The van der Waals surface area contributed by atoms with E-state index in [2.05, 4.69) is 31.3 Å². The molecule has 0 bridgehead atoms. The van der Waals surface area contributed by atoms with Crippen LogP contribution in [0, 0.1) is 0 Å². The fourth-order valence-electron chi connectivity index (χ4n) is 4.82. The van der Waals surface area contributed by atoms with Crippen LogP contribution in [0.3, 0.4) is 0 Å².